The molecule has 0 bridgehead atoms. The summed E-state index contributed by atoms with van der Waals surface area (Å²) in [6, 6.07) is 11.1. The standard InChI is InChI=1S/C21H36N4O.HI/c1-5-22-21(25-14-12-20(13-15-25)26-6-2)23-17-19(24(3)4)16-18-10-8-7-9-11-18;/h7-11,19-20H,5-6,12-17H2,1-4H3,(H,22,23);1H. The molecule has 0 spiro atoms. The molecule has 6 heteroatoms. The van der Waals surface area contributed by atoms with Gasteiger partial charge in [-0.05, 0) is 52.8 Å². The first-order chi connectivity index (χ1) is 12.6. The minimum atomic E-state index is 0. The van der Waals surface area contributed by atoms with Gasteiger partial charge >= 0.3 is 0 Å². The van der Waals surface area contributed by atoms with Crippen molar-refractivity contribution in [1.82, 2.24) is 15.1 Å². The van der Waals surface area contributed by atoms with E-state index in [-0.39, 0.29) is 24.0 Å². The predicted octanol–water partition coefficient (Wildman–Crippen LogP) is 3.24. The highest BCUT2D eigenvalue weighted by atomic mass is 127. The minimum absolute atomic E-state index is 0. The molecule has 1 aliphatic heterocycles. The van der Waals surface area contributed by atoms with Gasteiger partial charge < -0.3 is 19.9 Å². The maximum atomic E-state index is 5.77. The second kappa shape index (κ2) is 13.3. The molecule has 0 radical (unpaired) electrons. The lowest BCUT2D eigenvalue weighted by Gasteiger charge is -2.34. The molecular weight excluding hydrogens is 451 g/mol. The van der Waals surface area contributed by atoms with Gasteiger partial charge in [0.2, 0.25) is 0 Å². The van der Waals surface area contributed by atoms with Crippen LogP contribution in [0, 0.1) is 0 Å². The third-order valence-corrected chi connectivity index (χ3v) is 4.98. The van der Waals surface area contributed by atoms with E-state index < -0.39 is 0 Å². The lowest BCUT2D eigenvalue weighted by atomic mass is 10.1. The Bertz CT molecular complexity index is 530. The molecule has 1 aliphatic rings. The van der Waals surface area contributed by atoms with Crippen LogP contribution in [0.15, 0.2) is 35.3 Å². The van der Waals surface area contributed by atoms with Gasteiger partial charge in [-0.1, -0.05) is 30.3 Å². The van der Waals surface area contributed by atoms with Crippen molar-refractivity contribution in [3.8, 4) is 0 Å². The fourth-order valence-electron chi connectivity index (χ4n) is 3.38. The first-order valence-electron chi connectivity index (χ1n) is 9.99. The highest BCUT2D eigenvalue weighted by Crippen LogP contribution is 2.14. The van der Waals surface area contributed by atoms with Crippen molar-refractivity contribution in [2.75, 3.05) is 46.9 Å². The zero-order valence-electron chi connectivity index (χ0n) is 17.4. The zero-order chi connectivity index (χ0) is 18.8. The largest absolute Gasteiger partial charge is 0.378 e. The van der Waals surface area contributed by atoms with Crippen LogP contribution < -0.4 is 5.32 Å². The summed E-state index contributed by atoms with van der Waals surface area (Å²) in [4.78, 5) is 9.64. The first-order valence-corrected chi connectivity index (χ1v) is 9.99. The van der Waals surface area contributed by atoms with Gasteiger partial charge in [0.25, 0.3) is 0 Å². The number of halogens is 1. The minimum Gasteiger partial charge on any atom is -0.378 e. The molecular formula is C21H37IN4O. The molecule has 5 nitrogen and oxygen atoms in total. The van der Waals surface area contributed by atoms with Crippen LogP contribution in [0.1, 0.15) is 32.3 Å². The smallest absolute Gasteiger partial charge is 0.193 e. The van der Waals surface area contributed by atoms with E-state index in [9.17, 15) is 0 Å². The normalized spacial score (nSPS) is 16.9. The van der Waals surface area contributed by atoms with Crippen molar-refractivity contribution in [3.63, 3.8) is 0 Å². The Morgan fingerprint density at radius 3 is 2.44 bits per heavy atom. The molecule has 1 aromatic carbocycles. The highest BCUT2D eigenvalue weighted by Gasteiger charge is 2.22. The van der Waals surface area contributed by atoms with Gasteiger partial charge in [-0.3, -0.25) is 4.99 Å². The molecule has 1 atom stereocenters. The summed E-state index contributed by atoms with van der Waals surface area (Å²) in [6.07, 6.45) is 3.59. The van der Waals surface area contributed by atoms with E-state index in [0.717, 1.165) is 58.0 Å². The molecule has 154 valence electrons. The summed E-state index contributed by atoms with van der Waals surface area (Å²) < 4.78 is 5.77. The van der Waals surface area contributed by atoms with Crippen LogP contribution in [0.25, 0.3) is 0 Å². The van der Waals surface area contributed by atoms with E-state index in [1.165, 1.54) is 5.56 Å². The van der Waals surface area contributed by atoms with Crippen molar-refractivity contribution >= 4 is 29.9 Å². The van der Waals surface area contributed by atoms with E-state index in [1.54, 1.807) is 0 Å². The highest BCUT2D eigenvalue weighted by molar-refractivity contribution is 14.0. The maximum Gasteiger partial charge on any atom is 0.193 e. The molecule has 1 saturated heterocycles. The van der Waals surface area contributed by atoms with Crippen LogP contribution in [0.3, 0.4) is 0 Å². The molecule has 1 N–H and O–H groups in total. The van der Waals surface area contributed by atoms with E-state index in [1.807, 2.05) is 0 Å². The Balaban J connectivity index is 0.00000364. The lowest BCUT2D eigenvalue weighted by Crippen LogP contribution is -2.47. The number of benzene rings is 1. The molecule has 27 heavy (non-hydrogen) atoms. The molecule has 1 heterocycles. The fourth-order valence-corrected chi connectivity index (χ4v) is 3.38. The van der Waals surface area contributed by atoms with E-state index >= 15 is 0 Å². The van der Waals surface area contributed by atoms with Gasteiger partial charge in [0.15, 0.2) is 5.96 Å². The Morgan fingerprint density at radius 2 is 1.89 bits per heavy atom. The second-order valence-electron chi connectivity index (χ2n) is 7.14. The Hall–Kier alpha value is -0.860. The summed E-state index contributed by atoms with van der Waals surface area (Å²) in [6.45, 7) is 8.75. The van der Waals surface area contributed by atoms with Crippen molar-refractivity contribution in [3.05, 3.63) is 35.9 Å². The van der Waals surface area contributed by atoms with Gasteiger partial charge in [0, 0.05) is 32.3 Å². The third-order valence-electron chi connectivity index (χ3n) is 4.98. The topological polar surface area (TPSA) is 40.1 Å². The van der Waals surface area contributed by atoms with Crippen LogP contribution >= 0.6 is 24.0 Å². The Kier molecular flexibility index (Phi) is 11.9. The lowest BCUT2D eigenvalue weighted by molar-refractivity contribution is 0.0263. The average molecular weight is 488 g/mol. The number of ether oxygens (including phenoxy) is 1. The number of aliphatic imine (C=N–C) groups is 1. The van der Waals surface area contributed by atoms with Crippen LogP contribution in [0.2, 0.25) is 0 Å². The quantitative estimate of drug-likeness (QED) is 0.347. The van der Waals surface area contributed by atoms with Gasteiger partial charge in [-0.15, -0.1) is 24.0 Å². The summed E-state index contributed by atoms with van der Waals surface area (Å²) in [5.74, 6) is 1.04. The SMILES string of the molecule is CCNC(=NCC(Cc1ccccc1)N(C)C)N1CCC(OCC)CC1.I. The molecule has 2 rings (SSSR count). The summed E-state index contributed by atoms with van der Waals surface area (Å²) in [5.41, 5.74) is 1.36. The monoisotopic (exact) mass is 488 g/mol. The summed E-state index contributed by atoms with van der Waals surface area (Å²) >= 11 is 0. The number of hydrogen-bond acceptors (Lipinski definition) is 3. The van der Waals surface area contributed by atoms with Gasteiger partial charge in [-0.2, -0.15) is 0 Å². The zero-order valence-corrected chi connectivity index (χ0v) is 19.7. The second-order valence-corrected chi connectivity index (χ2v) is 7.14. The van der Waals surface area contributed by atoms with Gasteiger partial charge in [-0.25, -0.2) is 0 Å². The Morgan fingerprint density at radius 1 is 1.22 bits per heavy atom. The summed E-state index contributed by atoms with van der Waals surface area (Å²) in [5, 5.41) is 3.47. The van der Waals surface area contributed by atoms with E-state index in [4.69, 9.17) is 9.73 Å². The number of likely N-dealkylation sites (N-methyl/N-ethyl adjacent to an activating group) is 1. The van der Waals surface area contributed by atoms with Crippen LogP contribution in [-0.2, 0) is 11.2 Å². The van der Waals surface area contributed by atoms with Crippen molar-refractivity contribution in [1.29, 1.82) is 0 Å². The number of likely N-dealkylation sites (tertiary alicyclic amines) is 1. The Labute approximate surface area is 182 Å². The first kappa shape index (κ1) is 24.2. The third kappa shape index (κ3) is 8.35. The molecule has 1 fully saturated rings. The van der Waals surface area contributed by atoms with Crippen molar-refractivity contribution in [2.24, 2.45) is 4.99 Å². The fraction of sp³-hybridized carbons (Fsp3) is 0.667. The van der Waals surface area contributed by atoms with Crippen molar-refractivity contribution in [2.45, 2.75) is 45.3 Å². The number of rotatable bonds is 8. The van der Waals surface area contributed by atoms with E-state index in [0.29, 0.717) is 12.1 Å². The molecule has 1 unspecified atom stereocenters. The number of nitrogens with one attached hydrogen (secondary N) is 1. The molecule has 0 amide bonds. The summed E-state index contributed by atoms with van der Waals surface area (Å²) in [7, 11) is 4.28. The predicted molar refractivity (Wildman–Crippen MR) is 125 cm³/mol. The number of piperidine rings is 1. The van der Waals surface area contributed by atoms with Crippen molar-refractivity contribution < 1.29 is 4.74 Å². The van der Waals surface area contributed by atoms with Crippen LogP contribution in [0.4, 0.5) is 0 Å². The van der Waals surface area contributed by atoms with Gasteiger partial charge in [0.1, 0.15) is 0 Å². The number of guanidine groups is 1. The molecule has 1 aromatic rings. The van der Waals surface area contributed by atoms with Crippen LogP contribution in [0.5, 0.6) is 0 Å². The maximum absolute atomic E-state index is 5.77. The van der Waals surface area contributed by atoms with Gasteiger partial charge in [0.05, 0.1) is 12.6 Å². The average Bonchev–Trinajstić information content (AvgIpc) is 2.65. The number of nitrogens with zero attached hydrogens (tertiary/aromatic N) is 3. The molecule has 0 saturated carbocycles. The van der Waals surface area contributed by atoms with Crippen LogP contribution in [-0.4, -0.2) is 74.8 Å². The molecule has 0 aromatic heterocycles. The number of hydrogen-bond donors (Lipinski definition) is 1. The van der Waals surface area contributed by atoms with E-state index in [2.05, 4.69) is 73.4 Å². The molecule has 0 aliphatic carbocycles.